The molecule has 6 heteroatoms. The first-order valence-corrected chi connectivity index (χ1v) is 7.66. The van der Waals surface area contributed by atoms with Crippen molar-refractivity contribution in [2.24, 2.45) is 5.92 Å². The van der Waals surface area contributed by atoms with Gasteiger partial charge in [-0.25, -0.2) is 9.87 Å². The number of halogens is 1. The number of hydrogen-bond acceptors (Lipinski definition) is 3. The fraction of sp³-hybridized carbons (Fsp3) is 0.222. The highest BCUT2D eigenvalue weighted by atomic mass is 19.1. The average molecular weight is 328 g/mol. The molecule has 1 fully saturated rings. The van der Waals surface area contributed by atoms with E-state index in [1.165, 1.54) is 12.1 Å². The van der Waals surface area contributed by atoms with Crippen molar-refractivity contribution in [1.29, 1.82) is 0 Å². The van der Waals surface area contributed by atoms with Crippen molar-refractivity contribution in [2.75, 3.05) is 0 Å². The van der Waals surface area contributed by atoms with E-state index in [0.29, 0.717) is 12.8 Å². The Morgan fingerprint density at radius 3 is 2.29 bits per heavy atom. The Balaban J connectivity index is 1.67. The van der Waals surface area contributed by atoms with Crippen LogP contribution >= 0.6 is 0 Å². The summed E-state index contributed by atoms with van der Waals surface area (Å²) in [5.74, 6) is -1.36. The first-order valence-electron chi connectivity index (χ1n) is 7.66. The highest BCUT2D eigenvalue weighted by Gasteiger charge is 2.35. The summed E-state index contributed by atoms with van der Waals surface area (Å²) in [5.41, 5.74) is 4.42. The molecule has 0 unspecified atom stereocenters. The van der Waals surface area contributed by atoms with Crippen LogP contribution < -0.4 is 10.8 Å². The summed E-state index contributed by atoms with van der Waals surface area (Å²) in [6, 6.07) is 13.3. The van der Waals surface area contributed by atoms with Crippen molar-refractivity contribution < 1.29 is 19.2 Å². The molecule has 2 amide bonds. The fourth-order valence-electron chi connectivity index (χ4n) is 2.93. The molecule has 5 nitrogen and oxygen atoms in total. The molecule has 2 aromatic carbocycles. The topological polar surface area (TPSA) is 78.4 Å². The summed E-state index contributed by atoms with van der Waals surface area (Å²) < 4.78 is 13.0. The molecular formula is C18H17FN2O3. The number of amides is 2. The SMILES string of the molecule is O=C1N[C@@H](C(=O)NO)C[C@H]1Cc1ccc(-c2ccc(F)cc2)cc1. The predicted octanol–water partition coefficient (Wildman–Crippen LogP) is 2.05. The van der Waals surface area contributed by atoms with Gasteiger partial charge in [0.05, 0.1) is 0 Å². The van der Waals surface area contributed by atoms with Gasteiger partial charge in [-0.05, 0) is 41.7 Å². The van der Waals surface area contributed by atoms with Crippen molar-refractivity contribution >= 4 is 11.8 Å². The van der Waals surface area contributed by atoms with Crippen LogP contribution in [0.15, 0.2) is 48.5 Å². The molecule has 1 saturated heterocycles. The van der Waals surface area contributed by atoms with Crippen LogP contribution in [0.2, 0.25) is 0 Å². The van der Waals surface area contributed by atoms with Crippen LogP contribution in [0.25, 0.3) is 11.1 Å². The quantitative estimate of drug-likeness (QED) is 0.594. The molecule has 3 rings (SSSR count). The second-order valence-electron chi connectivity index (χ2n) is 5.88. The van der Waals surface area contributed by atoms with E-state index in [9.17, 15) is 14.0 Å². The monoisotopic (exact) mass is 328 g/mol. The van der Waals surface area contributed by atoms with Crippen molar-refractivity contribution in [1.82, 2.24) is 10.8 Å². The lowest BCUT2D eigenvalue weighted by atomic mass is 9.94. The Morgan fingerprint density at radius 2 is 1.71 bits per heavy atom. The Labute approximate surface area is 138 Å². The van der Waals surface area contributed by atoms with Crippen LogP contribution in [0.1, 0.15) is 12.0 Å². The van der Waals surface area contributed by atoms with Gasteiger partial charge in [0, 0.05) is 5.92 Å². The highest BCUT2D eigenvalue weighted by molar-refractivity contribution is 5.91. The summed E-state index contributed by atoms with van der Waals surface area (Å²) in [7, 11) is 0. The maximum atomic E-state index is 13.0. The largest absolute Gasteiger partial charge is 0.344 e. The second-order valence-corrected chi connectivity index (χ2v) is 5.88. The van der Waals surface area contributed by atoms with E-state index in [0.717, 1.165) is 16.7 Å². The summed E-state index contributed by atoms with van der Waals surface area (Å²) in [4.78, 5) is 23.3. The second kappa shape index (κ2) is 6.80. The summed E-state index contributed by atoms with van der Waals surface area (Å²) in [6.07, 6.45) is 0.871. The van der Waals surface area contributed by atoms with E-state index >= 15 is 0 Å². The zero-order chi connectivity index (χ0) is 17.1. The summed E-state index contributed by atoms with van der Waals surface area (Å²) in [6.45, 7) is 0. The van der Waals surface area contributed by atoms with Crippen LogP contribution in [-0.2, 0) is 16.0 Å². The maximum absolute atomic E-state index is 13.0. The molecule has 0 aliphatic carbocycles. The van der Waals surface area contributed by atoms with E-state index in [-0.39, 0.29) is 17.6 Å². The van der Waals surface area contributed by atoms with E-state index < -0.39 is 11.9 Å². The molecule has 1 aliphatic rings. The molecule has 124 valence electrons. The average Bonchev–Trinajstić information content (AvgIpc) is 2.96. The van der Waals surface area contributed by atoms with Crippen molar-refractivity contribution in [2.45, 2.75) is 18.9 Å². The maximum Gasteiger partial charge on any atom is 0.265 e. The van der Waals surface area contributed by atoms with Gasteiger partial charge >= 0.3 is 0 Å². The van der Waals surface area contributed by atoms with E-state index in [2.05, 4.69) is 5.32 Å². The van der Waals surface area contributed by atoms with Gasteiger partial charge in [0.2, 0.25) is 5.91 Å². The fourth-order valence-corrected chi connectivity index (χ4v) is 2.93. The van der Waals surface area contributed by atoms with Crippen LogP contribution in [0.4, 0.5) is 4.39 Å². The van der Waals surface area contributed by atoms with Gasteiger partial charge in [0.15, 0.2) is 0 Å². The minimum Gasteiger partial charge on any atom is -0.344 e. The van der Waals surface area contributed by atoms with Gasteiger partial charge in [-0.3, -0.25) is 14.8 Å². The summed E-state index contributed by atoms with van der Waals surface area (Å²) in [5, 5.41) is 11.2. The molecule has 2 atom stereocenters. The normalized spacial score (nSPS) is 19.8. The van der Waals surface area contributed by atoms with Gasteiger partial charge in [-0.15, -0.1) is 0 Å². The number of hydrogen-bond donors (Lipinski definition) is 3. The molecule has 0 aromatic heterocycles. The Hall–Kier alpha value is -2.73. The predicted molar refractivity (Wildman–Crippen MR) is 85.5 cm³/mol. The lowest BCUT2D eigenvalue weighted by molar-refractivity contribution is -0.132. The molecule has 1 heterocycles. The number of carbonyl (C=O) groups is 2. The van der Waals surface area contributed by atoms with E-state index in [1.54, 1.807) is 17.6 Å². The third-order valence-electron chi connectivity index (χ3n) is 4.25. The molecule has 24 heavy (non-hydrogen) atoms. The number of rotatable bonds is 4. The van der Waals surface area contributed by atoms with Crippen LogP contribution in [0.5, 0.6) is 0 Å². The minimum absolute atomic E-state index is 0.189. The van der Waals surface area contributed by atoms with Gasteiger partial charge in [0.1, 0.15) is 11.9 Å². The first-order chi connectivity index (χ1) is 11.6. The van der Waals surface area contributed by atoms with Gasteiger partial charge < -0.3 is 5.32 Å². The number of hydroxylamine groups is 1. The lowest BCUT2D eigenvalue weighted by Crippen LogP contribution is -2.40. The third kappa shape index (κ3) is 3.44. The molecule has 0 spiro atoms. The standard InChI is InChI=1S/C18H17FN2O3/c19-15-7-5-13(6-8-15)12-3-1-11(2-4-12)9-14-10-16(18(23)21-24)20-17(14)22/h1-8,14,16,24H,9-10H2,(H,20,22)(H,21,23)/t14-,16-/m1/s1. The van der Waals surface area contributed by atoms with Crippen molar-refractivity contribution in [3.63, 3.8) is 0 Å². The molecule has 0 bridgehead atoms. The Kier molecular flexibility index (Phi) is 4.57. The van der Waals surface area contributed by atoms with E-state index in [4.69, 9.17) is 5.21 Å². The molecular weight excluding hydrogens is 311 g/mol. The third-order valence-corrected chi connectivity index (χ3v) is 4.25. The molecule has 0 radical (unpaired) electrons. The molecule has 0 saturated carbocycles. The highest BCUT2D eigenvalue weighted by Crippen LogP contribution is 2.24. The van der Waals surface area contributed by atoms with Crippen LogP contribution in [0, 0.1) is 11.7 Å². The van der Waals surface area contributed by atoms with E-state index in [1.807, 2.05) is 24.3 Å². The van der Waals surface area contributed by atoms with Gasteiger partial charge in [-0.1, -0.05) is 36.4 Å². The van der Waals surface area contributed by atoms with Gasteiger partial charge in [0.25, 0.3) is 5.91 Å². The van der Waals surface area contributed by atoms with Crippen LogP contribution in [0.3, 0.4) is 0 Å². The van der Waals surface area contributed by atoms with Crippen LogP contribution in [-0.4, -0.2) is 23.1 Å². The molecule has 1 aliphatic heterocycles. The zero-order valence-corrected chi connectivity index (χ0v) is 12.8. The van der Waals surface area contributed by atoms with Gasteiger partial charge in [-0.2, -0.15) is 0 Å². The van der Waals surface area contributed by atoms with Crippen molar-refractivity contribution in [3.8, 4) is 11.1 Å². The minimum atomic E-state index is -0.689. The summed E-state index contributed by atoms with van der Waals surface area (Å²) >= 11 is 0. The number of benzene rings is 2. The van der Waals surface area contributed by atoms with Crippen molar-refractivity contribution in [3.05, 3.63) is 59.9 Å². The zero-order valence-electron chi connectivity index (χ0n) is 12.8. The first kappa shape index (κ1) is 16.1. The number of nitrogens with one attached hydrogen (secondary N) is 2. The Morgan fingerprint density at radius 1 is 1.12 bits per heavy atom. The molecule has 2 aromatic rings. The number of carbonyl (C=O) groups excluding carboxylic acids is 2. The lowest BCUT2D eigenvalue weighted by Gasteiger charge is -2.09. The smallest absolute Gasteiger partial charge is 0.265 e. The Bertz CT molecular complexity index is 744. The molecule has 3 N–H and O–H groups in total.